The van der Waals surface area contributed by atoms with Gasteiger partial charge in [-0.15, -0.1) is 0 Å². The number of hydrogen-bond donors (Lipinski definition) is 1. The summed E-state index contributed by atoms with van der Waals surface area (Å²) in [6.07, 6.45) is 3.93. The van der Waals surface area contributed by atoms with Crippen molar-refractivity contribution in [3.63, 3.8) is 0 Å². The molecule has 6 heteroatoms. The highest BCUT2D eigenvalue weighted by Gasteiger charge is 2.31. The van der Waals surface area contributed by atoms with Gasteiger partial charge in [-0.25, -0.2) is 4.79 Å². The number of piperazine rings is 1. The fourth-order valence-corrected chi connectivity index (χ4v) is 3.66. The Kier molecular flexibility index (Phi) is 5.58. The van der Waals surface area contributed by atoms with Gasteiger partial charge in [-0.05, 0) is 37.5 Å². The molecule has 6 nitrogen and oxygen atoms in total. The molecule has 2 fully saturated rings. The molecule has 0 aromatic heterocycles. The maximum absolute atomic E-state index is 12.4. The first-order valence-electron chi connectivity index (χ1n) is 9.03. The Morgan fingerprint density at radius 2 is 1.92 bits per heavy atom. The lowest BCUT2D eigenvalue weighted by molar-refractivity contribution is -0.144. The minimum atomic E-state index is -0.984. The Hall–Kier alpha value is -2.08. The van der Waals surface area contributed by atoms with Crippen molar-refractivity contribution in [2.75, 3.05) is 19.6 Å². The third-order valence-corrected chi connectivity index (χ3v) is 5.09. The number of ether oxygens (including phenoxy) is 1. The van der Waals surface area contributed by atoms with Gasteiger partial charge in [0.25, 0.3) is 0 Å². The van der Waals surface area contributed by atoms with Gasteiger partial charge in [0.15, 0.2) is 6.10 Å². The average Bonchev–Trinajstić information content (AvgIpc) is 3.11. The lowest BCUT2D eigenvalue weighted by Gasteiger charge is -2.37. The monoisotopic (exact) mass is 346 g/mol. The van der Waals surface area contributed by atoms with Crippen LogP contribution in [0.3, 0.4) is 0 Å². The molecule has 25 heavy (non-hydrogen) atoms. The minimum Gasteiger partial charge on any atom is -0.479 e. The molecular formula is C19H26N2O4. The van der Waals surface area contributed by atoms with E-state index in [1.807, 2.05) is 12.1 Å². The van der Waals surface area contributed by atoms with E-state index in [1.54, 1.807) is 12.1 Å². The zero-order valence-corrected chi connectivity index (χ0v) is 14.7. The highest BCUT2D eigenvalue weighted by molar-refractivity contribution is 5.79. The van der Waals surface area contributed by atoms with Gasteiger partial charge in [0.1, 0.15) is 5.75 Å². The lowest BCUT2D eigenvalue weighted by atomic mass is 10.1. The zero-order chi connectivity index (χ0) is 17.8. The molecule has 1 saturated heterocycles. The SMILES string of the molecule is CC(Oc1ccc(CN2CCN(C3CCCC3)C(=O)C2)cc1)C(=O)O. The summed E-state index contributed by atoms with van der Waals surface area (Å²) in [7, 11) is 0. The highest BCUT2D eigenvalue weighted by atomic mass is 16.5. The summed E-state index contributed by atoms with van der Waals surface area (Å²) in [6, 6.07) is 7.88. The Bertz CT molecular complexity index is 610. The average molecular weight is 346 g/mol. The summed E-state index contributed by atoms with van der Waals surface area (Å²) in [6.45, 7) is 4.42. The van der Waals surface area contributed by atoms with E-state index in [1.165, 1.54) is 19.8 Å². The number of carboxylic acids is 1. The van der Waals surface area contributed by atoms with Crippen molar-refractivity contribution < 1.29 is 19.4 Å². The van der Waals surface area contributed by atoms with E-state index in [0.717, 1.165) is 38.0 Å². The predicted molar refractivity (Wildman–Crippen MR) is 93.4 cm³/mol. The van der Waals surface area contributed by atoms with Crippen LogP contribution >= 0.6 is 0 Å². The van der Waals surface area contributed by atoms with Gasteiger partial charge in [0.2, 0.25) is 5.91 Å². The fraction of sp³-hybridized carbons (Fsp3) is 0.579. The first-order chi connectivity index (χ1) is 12.0. The standard InChI is InChI=1S/C19H26N2O4/c1-14(19(23)24)25-17-8-6-15(7-9-17)12-20-10-11-21(18(22)13-20)16-4-2-3-5-16/h6-9,14,16H,2-5,10-13H2,1H3,(H,23,24). The minimum absolute atomic E-state index is 0.244. The number of amides is 1. The van der Waals surface area contributed by atoms with Crippen molar-refractivity contribution in [1.29, 1.82) is 0 Å². The van der Waals surface area contributed by atoms with E-state index in [2.05, 4.69) is 9.80 Å². The molecule has 1 aliphatic carbocycles. The molecule has 1 N–H and O–H groups in total. The van der Waals surface area contributed by atoms with E-state index in [4.69, 9.17) is 9.84 Å². The number of nitrogens with zero attached hydrogens (tertiary/aromatic N) is 2. The van der Waals surface area contributed by atoms with Gasteiger partial charge in [0, 0.05) is 25.7 Å². The van der Waals surface area contributed by atoms with Gasteiger partial charge in [-0.3, -0.25) is 9.69 Å². The third-order valence-electron chi connectivity index (χ3n) is 5.09. The summed E-state index contributed by atoms with van der Waals surface area (Å²) in [5, 5.41) is 8.87. The van der Waals surface area contributed by atoms with E-state index < -0.39 is 12.1 Å². The van der Waals surface area contributed by atoms with Crippen LogP contribution in [0.25, 0.3) is 0 Å². The normalized spacial score (nSPS) is 20.7. The van der Waals surface area contributed by atoms with Crippen LogP contribution in [0.5, 0.6) is 5.75 Å². The van der Waals surface area contributed by atoms with Crippen LogP contribution in [0.2, 0.25) is 0 Å². The fourth-order valence-electron chi connectivity index (χ4n) is 3.66. The third kappa shape index (κ3) is 4.51. The van der Waals surface area contributed by atoms with Crippen LogP contribution < -0.4 is 4.74 Å². The molecule has 2 aliphatic rings. The predicted octanol–water partition coefficient (Wildman–Crippen LogP) is 2.13. The summed E-state index contributed by atoms with van der Waals surface area (Å²) in [5.74, 6) is -0.197. The van der Waals surface area contributed by atoms with E-state index in [9.17, 15) is 9.59 Å². The first kappa shape index (κ1) is 17.7. The van der Waals surface area contributed by atoms with E-state index in [0.29, 0.717) is 18.3 Å². The molecule has 136 valence electrons. The van der Waals surface area contributed by atoms with Gasteiger partial charge in [0.05, 0.1) is 6.54 Å². The molecule has 0 radical (unpaired) electrons. The number of carbonyl (C=O) groups excluding carboxylic acids is 1. The second-order valence-corrected chi connectivity index (χ2v) is 6.98. The van der Waals surface area contributed by atoms with Crippen LogP contribution in [-0.2, 0) is 16.1 Å². The lowest BCUT2D eigenvalue weighted by Crippen LogP contribution is -2.53. The number of hydrogen-bond acceptors (Lipinski definition) is 4. The summed E-state index contributed by atoms with van der Waals surface area (Å²) in [5.41, 5.74) is 1.09. The maximum atomic E-state index is 12.4. The van der Waals surface area contributed by atoms with Crippen molar-refractivity contribution in [2.24, 2.45) is 0 Å². The topological polar surface area (TPSA) is 70.1 Å². The molecule has 1 aliphatic heterocycles. The van der Waals surface area contributed by atoms with Crippen molar-refractivity contribution in [3.05, 3.63) is 29.8 Å². The van der Waals surface area contributed by atoms with E-state index in [-0.39, 0.29) is 5.91 Å². The van der Waals surface area contributed by atoms with Crippen molar-refractivity contribution in [2.45, 2.75) is 51.3 Å². The van der Waals surface area contributed by atoms with E-state index >= 15 is 0 Å². The quantitative estimate of drug-likeness (QED) is 0.854. The zero-order valence-electron chi connectivity index (χ0n) is 14.7. The number of carboxylic acid groups (broad SMARTS) is 1. The van der Waals surface area contributed by atoms with Crippen LogP contribution in [0.15, 0.2) is 24.3 Å². The maximum Gasteiger partial charge on any atom is 0.344 e. The summed E-state index contributed by atoms with van der Waals surface area (Å²) in [4.78, 5) is 27.5. The van der Waals surface area contributed by atoms with Crippen molar-refractivity contribution in [3.8, 4) is 5.75 Å². The van der Waals surface area contributed by atoms with Crippen molar-refractivity contribution in [1.82, 2.24) is 9.80 Å². The van der Waals surface area contributed by atoms with Crippen LogP contribution in [-0.4, -0.2) is 58.6 Å². The molecule has 1 unspecified atom stereocenters. The largest absolute Gasteiger partial charge is 0.479 e. The summed E-state index contributed by atoms with van der Waals surface area (Å²) < 4.78 is 5.33. The van der Waals surface area contributed by atoms with Gasteiger partial charge in [-0.1, -0.05) is 25.0 Å². The number of rotatable bonds is 6. The van der Waals surface area contributed by atoms with Gasteiger partial charge >= 0.3 is 5.97 Å². The summed E-state index contributed by atoms with van der Waals surface area (Å²) >= 11 is 0. The molecule has 1 aromatic rings. The number of carbonyl (C=O) groups is 2. The second-order valence-electron chi connectivity index (χ2n) is 6.98. The second kappa shape index (κ2) is 7.87. The molecule has 1 saturated carbocycles. The molecule has 1 amide bonds. The molecular weight excluding hydrogens is 320 g/mol. The van der Waals surface area contributed by atoms with Gasteiger partial charge < -0.3 is 14.7 Å². The Labute approximate surface area is 148 Å². The molecule has 1 aromatic carbocycles. The molecule has 3 rings (SSSR count). The highest BCUT2D eigenvalue weighted by Crippen LogP contribution is 2.25. The molecule has 1 heterocycles. The van der Waals surface area contributed by atoms with Gasteiger partial charge in [-0.2, -0.15) is 0 Å². The Morgan fingerprint density at radius 3 is 2.52 bits per heavy atom. The first-order valence-corrected chi connectivity index (χ1v) is 9.03. The smallest absolute Gasteiger partial charge is 0.344 e. The Morgan fingerprint density at radius 1 is 1.24 bits per heavy atom. The van der Waals surface area contributed by atoms with Crippen LogP contribution in [0, 0.1) is 0 Å². The van der Waals surface area contributed by atoms with Crippen molar-refractivity contribution >= 4 is 11.9 Å². The number of benzene rings is 1. The molecule has 1 atom stereocenters. The Balaban J connectivity index is 1.51. The molecule has 0 bridgehead atoms. The molecule has 0 spiro atoms. The van der Waals surface area contributed by atoms with Crippen LogP contribution in [0.4, 0.5) is 0 Å². The van der Waals surface area contributed by atoms with Crippen LogP contribution in [0.1, 0.15) is 38.2 Å². The number of aliphatic carboxylic acids is 1.